The summed E-state index contributed by atoms with van der Waals surface area (Å²) in [6.07, 6.45) is 0.0000815. The van der Waals surface area contributed by atoms with Gasteiger partial charge in [-0.1, -0.05) is 18.2 Å². The summed E-state index contributed by atoms with van der Waals surface area (Å²) in [5.41, 5.74) is 2.02. The Bertz CT molecular complexity index is 921. The van der Waals surface area contributed by atoms with Gasteiger partial charge in [0.25, 0.3) is 11.8 Å². The average molecular weight is 412 g/mol. The van der Waals surface area contributed by atoms with Gasteiger partial charge >= 0.3 is 5.97 Å². The van der Waals surface area contributed by atoms with Crippen molar-refractivity contribution in [3.8, 4) is 0 Å². The van der Waals surface area contributed by atoms with Gasteiger partial charge in [0, 0.05) is 24.3 Å². The van der Waals surface area contributed by atoms with Crippen molar-refractivity contribution in [1.82, 2.24) is 4.90 Å². The second-order valence-corrected chi connectivity index (χ2v) is 7.46. The number of halogens is 1. The second-order valence-electron chi connectivity index (χ2n) is 7.46. The number of amides is 2. The first-order valence-electron chi connectivity index (χ1n) is 9.97. The van der Waals surface area contributed by atoms with Gasteiger partial charge in [0.1, 0.15) is 5.82 Å². The van der Waals surface area contributed by atoms with Crippen LogP contribution in [0.25, 0.3) is 0 Å². The number of aryl methyl sites for hydroxylation is 1. The molecule has 1 saturated heterocycles. The third kappa shape index (κ3) is 5.23. The van der Waals surface area contributed by atoms with E-state index in [9.17, 15) is 18.8 Å². The van der Waals surface area contributed by atoms with Crippen molar-refractivity contribution < 1.29 is 23.5 Å². The van der Waals surface area contributed by atoms with Crippen LogP contribution in [0.4, 0.5) is 10.1 Å². The van der Waals surface area contributed by atoms with Gasteiger partial charge in [-0.15, -0.1) is 0 Å². The zero-order chi connectivity index (χ0) is 21.7. The first-order valence-corrected chi connectivity index (χ1v) is 9.97. The molecule has 2 aromatic rings. The summed E-state index contributed by atoms with van der Waals surface area (Å²) >= 11 is 0. The number of carbonyl (C=O) groups excluding carboxylic acids is 3. The van der Waals surface area contributed by atoms with Crippen molar-refractivity contribution in [2.24, 2.45) is 5.92 Å². The molecule has 6 nitrogen and oxygen atoms in total. The van der Waals surface area contributed by atoms with Gasteiger partial charge in [-0.2, -0.15) is 0 Å². The number of nitrogens with zero attached hydrogens (tertiary/aromatic N) is 1. The van der Waals surface area contributed by atoms with E-state index in [1.54, 1.807) is 11.0 Å². The number of likely N-dealkylation sites (tertiary alicyclic amines) is 1. The Labute approximate surface area is 175 Å². The van der Waals surface area contributed by atoms with Crippen LogP contribution in [0.2, 0.25) is 0 Å². The first-order chi connectivity index (χ1) is 14.3. The van der Waals surface area contributed by atoms with Crippen molar-refractivity contribution in [2.75, 3.05) is 18.4 Å². The fourth-order valence-corrected chi connectivity index (χ4v) is 3.40. The minimum atomic E-state index is -0.978. The molecular formula is C23H25FN2O4. The summed E-state index contributed by atoms with van der Waals surface area (Å²) < 4.78 is 18.3. The molecule has 30 heavy (non-hydrogen) atoms. The molecule has 0 unspecified atom stereocenters. The van der Waals surface area contributed by atoms with E-state index in [1.807, 2.05) is 25.1 Å². The van der Waals surface area contributed by atoms with Crippen molar-refractivity contribution in [2.45, 2.75) is 32.8 Å². The van der Waals surface area contributed by atoms with Crippen molar-refractivity contribution >= 4 is 23.5 Å². The van der Waals surface area contributed by atoms with E-state index in [1.165, 1.54) is 31.2 Å². The van der Waals surface area contributed by atoms with Crippen LogP contribution < -0.4 is 5.32 Å². The van der Waals surface area contributed by atoms with Gasteiger partial charge in [-0.05, 0) is 62.6 Å². The molecule has 158 valence electrons. The molecule has 2 aromatic carbocycles. The Hall–Kier alpha value is -3.22. The number of esters is 1. The molecule has 1 aliphatic heterocycles. The molecule has 1 N–H and O–H groups in total. The van der Waals surface area contributed by atoms with Gasteiger partial charge in [0.15, 0.2) is 6.10 Å². The number of piperidine rings is 1. The highest BCUT2D eigenvalue weighted by atomic mass is 19.1. The minimum absolute atomic E-state index is 0.0352. The zero-order valence-electron chi connectivity index (χ0n) is 17.1. The highest BCUT2D eigenvalue weighted by molar-refractivity contribution is 5.96. The molecule has 3 rings (SSSR count). The van der Waals surface area contributed by atoms with E-state index in [2.05, 4.69) is 5.32 Å². The molecule has 0 aliphatic carbocycles. The lowest BCUT2D eigenvalue weighted by Crippen LogP contribution is -2.42. The third-order valence-corrected chi connectivity index (χ3v) is 5.26. The number of nitrogens with one attached hydrogen (secondary N) is 1. The highest BCUT2D eigenvalue weighted by Crippen LogP contribution is 2.22. The summed E-state index contributed by atoms with van der Waals surface area (Å²) in [7, 11) is 0. The maximum absolute atomic E-state index is 12.9. The van der Waals surface area contributed by atoms with Gasteiger partial charge in [0.05, 0.1) is 5.92 Å². The van der Waals surface area contributed by atoms with Crippen LogP contribution in [-0.2, 0) is 14.3 Å². The minimum Gasteiger partial charge on any atom is -0.452 e. The summed E-state index contributed by atoms with van der Waals surface area (Å²) in [4.78, 5) is 39.1. The van der Waals surface area contributed by atoms with Crippen molar-refractivity contribution in [3.05, 3.63) is 65.5 Å². The molecule has 7 heteroatoms. The molecule has 1 atom stereocenters. The van der Waals surface area contributed by atoms with E-state index < -0.39 is 23.8 Å². The van der Waals surface area contributed by atoms with E-state index in [-0.39, 0.29) is 11.8 Å². The van der Waals surface area contributed by atoms with E-state index in [0.717, 1.165) is 5.56 Å². The lowest BCUT2D eigenvalue weighted by atomic mass is 9.96. The van der Waals surface area contributed by atoms with Gasteiger partial charge < -0.3 is 15.0 Å². The predicted octanol–water partition coefficient (Wildman–Crippen LogP) is 3.56. The predicted molar refractivity (Wildman–Crippen MR) is 110 cm³/mol. The van der Waals surface area contributed by atoms with Crippen LogP contribution in [0.5, 0.6) is 0 Å². The Morgan fingerprint density at radius 1 is 1.07 bits per heavy atom. The largest absolute Gasteiger partial charge is 0.452 e. The Morgan fingerprint density at radius 2 is 1.70 bits per heavy atom. The zero-order valence-corrected chi connectivity index (χ0v) is 17.1. The maximum atomic E-state index is 12.9. The Morgan fingerprint density at radius 3 is 2.33 bits per heavy atom. The van der Waals surface area contributed by atoms with E-state index in [4.69, 9.17) is 4.74 Å². The number of ether oxygens (including phenoxy) is 1. The molecular weight excluding hydrogens is 387 g/mol. The Kier molecular flexibility index (Phi) is 6.82. The van der Waals surface area contributed by atoms with Crippen LogP contribution in [-0.4, -0.2) is 41.9 Å². The fraction of sp³-hybridized carbons (Fsp3) is 0.348. The molecule has 2 amide bonds. The summed E-state index contributed by atoms with van der Waals surface area (Å²) in [6.45, 7) is 4.31. The monoisotopic (exact) mass is 412 g/mol. The van der Waals surface area contributed by atoms with Crippen molar-refractivity contribution in [1.29, 1.82) is 0 Å². The quantitative estimate of drug-likeness (QED) is 0.762. The van der Waals surface area contributed by atoms with Gasteiger partial charge in [-0.25, -0.2) is 4.39 Å². The standard InChI is InChI=1S/C23H25FN2O4/c1-15-5-3-4-6-20(15)22(28)26-13-11-17(12-14-26)23(29)30-16(2)21(27)25-19-9-7-18(24)8-10-19/h3-10,16-17H,11-14H2,1-2H3,(H,25,27)/t16-/m1/s1. The molecule has 0 radical (unpaired) electrons. The number of rotatable bonds is 5. The molecule has 1 heterocycles. The molecule has 0 saturated carbocycles. The number of benzene rings is 2. The van der Waals surface area contributed by atoms with E-state index in [0.29, 0.717) is 37.2 Å². The van der Waals surface area contributed by atoms with Crippen LogP contribution in [0.1, 0.15) is 35.7 Å². The topological polar surface area (TPSA) is 75.7 Å². The summed E-state index contributed by atoms with van der Waals surface area (Å²) in [5, 5.41) is 2.59. The smallest absolute Gasteiger partial charge is 0.309 e. The average Bonchev–Trinajstić information content (AvgIpc) is 2.75. The molecule has 1 fully saturated rings. The third-order valence-electron chi connectivity index (χ3n) is 5.26. The number of carbonyl (C=O) groups is 3. The SMILES string of the molecule is Cc1ccccc1C(=O)N1CCC(C(=O)O[C@H](C)C(=O)Nc2ccc(F)cc2)CC1. The lowest BCUT2D eigenvalue weighted by molar-refractivity contribution is -0.158. The molecule has 0 bridgehead atoms. The lowest BCUT2D eigenvalue weighted by Gasteiger charge is -2.31. The van der Waals surface area contributed by atoms with Crippen molar-refractivity contribution in [3.63, 3.8) is 0 Å². The Balaban J connectivity index is 1.48. The summed E-state index contributed by atoms with van der Waals surface area (Å²) in [5.74, 6) is -1.72. The molecule has 0 aromatic heterocycles. The summed E-state index contributed by atoms with van der Waals surface area (Å²) in [6, 6.07) is 12.8. The van der Waals surface area contributed by atoms with Crippen LogP contribution in [0, 0.1) is 18.7 Å². The fourth-order valence-electron chi connectivity index (χ4n) is 3.40. The van der Waals surface area contributed by atoms with Gasteiger partial charge in [0.2, 0.25) is 0 Å². The maximum Gasteiger partial charge on any atom is 0.309 e. The first kappa shape index (κ1) is 21.5. The van der Waals surface area contributed by atoms with Crippen LogP contribution in [0.3, 0.4) is 0 Å². The second kappa shape index (κ2) is 9.52. The highest BCUT2D eigenvalue weighted by Gasteiger charge is 2.31. The van der Waals surface area contributed by atoms with Crippen LogP contribution >= 0.6 is 0 Å². The van der Waals surface area contributed by atoms with E-state index >= 15 is 0 Å². The number of anilines is 1. The normalized spacial score (nSPS) is 15.4. The van der Waals surface area contributed by atoms with Crippen LogP contribution in [0.15, 0.2) is 48.5 Å². The molecule has 0 spiro atoms. The number of hydrogen-bond donors (Lipinski definition) is 1. The number of hydrogen-bond acceptors (Lipinski definition) is 4. The van der Waals surface area contributed by atoms with Gasteiger partial charge in [-0.3, -0.25) is 14.4 Å². The molecule has 1 aliphatic rings.